The van der Waals surface area contributed by atoms with Crippen molar-refractivity contribution in [3.8, 4) is 0 Å². The quantitative estimate of drug-likeness (QED) is 0.866. The molecule has 100 valence electrons. The van der Waals surface area contributed by atoms with E-state index < -0.39 is 5.97 Å². The molecule has 2 heterocycles. The zero-order chi connectivity index (χ0) is 13.1. The molecule has 18 heavy (non-hydrogen) atoms. The number of likely N-dealkylation sites (tertiary alicyclic amines) is 1. The van der Waals surface area contributed by atoms with Crippen molar-refractivity contribution < 1.29 is 9.90 Å². The smallest absolute Gasteiger partial charge is 0.303 e. The number of aromatic nitrogens is 2. The van der Waals surface area contributed by atoms with Crippen molar-refractivity contribution >= 4 is 5.97 Å². The van der Waals surface area contributed by atoms with Gasteiger partial charge in [0.2, 0.25) is 0 Å². The fourth-order valence-corrected chi connectivity index (χ4v) is 2.62. The predicted octanol–water partition coefficient (Wildman–Crippen LogP) is 1.76. The van der Waals surface area contributed by atoms with Gasteiger partial charge < -0.3 is 9.67 Å². The molecule has 0 radical (unpaired) electrons. The van der Waals surface area contributed by atoms with Gasteiger partial charge in [0.25, 0.3) is 0 Å². The van der Waals surface area contributed by atoms with Gasteiger partial charge in [-0.05, 0) is 32.7 Å². The van der Waals surface area contributed by atoms with Crippen LogP contribution in [0.2, 0.25) is 0 Å². The van der Waals surface area contributed by atoms with E-state index in [1.54, 1.807) is 0 Å². The minimum atomic E-state index is -0.686. The van der Waals surface area contributed by atoms with Gasteiger partial charge >= 0.3 is 5.97 Å². The lowest BCUT2D eigenvalue weighted by Gasteiger charge is -2.18. The number of rotatable bonds is 5. The first kappa shape index (κ1) is 13.1. The second kappa shape index (κ2) is 5.52. The van der Waals surface area contributed by atoms with Gasteiger partial charge in [0.15, 0.2) is 0 Å². The minimum absolute atomic E-state index is 0.292. The molecule has 0 unspecified atom stereocenters. The summed E-state index contributed by atoms with van der Waals surface area (Å²) in [6, 6.07) is 0.417. The predicted molar refractivity (Wildman–Crippen MR) is 68.2 cm³/mol. The molecule has 1 N–H and O–H groups in total. The molecule has 2 rings (SSSR count). The average Bonchev–Trinajstić information content (AvgIpc) is 2.87. The summed E-state index contributed by atoms with van der Waals surface area (Å²) in [7, 11) is 0. The van der Waals surface area contributed by atoms with Gasteiger partial charge in [-0.3, -0.25) is 9.69 Å². The van der Waals surface area contributed by atoms with E-state index in [9.17, 15) is 4.79 Å². The third-order valence-corrected chi connectivity index (χ3v) is 3.52. The average molecular weight is 251 g/mol. The molecular weight excluding hydrogens is 230 g/mol. The molecule has 0 aromatic carbocycles. The van der Waals surface area contributed by atoms with Crippen LogP contribution in [0.4, 0.5) is 0 Å². The molecule has 0 amide bonds. The number of carbonyl (C=O) groups is 1. The first-order valence-electron chi connectivity index (χ1n) is 6.51. The lowest BCUT2D eigenvalue weighted by Crippen LogP contribution is -2.22. The Morgan fingerprint density at radius 1 is 1.61 bits per heavy atom. The van der Waals surface area contributed by atoms with Crippen molar-refractivity contribution in [3.63, 3.8) is 0 Å². The summed E-state index contributed by atoms with van der Waals surface area (Å²) in [4.78, 5) is 17.2. The summed E-state index contributed by atoms with van der Waals surface area (Å²) >= 11 is 0. The molecule has 1 fully saturated rings. The summed E-state index contributed by atoms with van der Waals surface area (Å²) in [5.41, 5.74) is 1.21. The molecule has 1 aromatic heterocycles. The first-order chi connectivity index (χ1) is 8.56. The van der Waals surface area contributed by atoms with Crippen molar-refractivity contribution in [1.29, 1.82) is 0 Å². The second-order valence-corrected chi connectivity index (χ2v) is 5.37. The van der Waals surface area contributed by atoms with Crippen molar-refractivity contribution in [2.75, 3.05) is 13.1 Å². The maximum atomic E-state index is 10.7. The van der Waals surface area contributed by atoms with Crippen molar-refractivity contribution in [2.45, 2.75) is 39.3 Å². The van der Waals surface area contributed by atoms with Gasteiger partial charge in [-0.15, -0.1) is 0 Å². The molecule has 5 nitrogen and oxygen atoms in total. The number of hydrogen-bond acceptors (Lipinski definition) is 3. The van der Waals surface area contributed by atoms with Crippen molar-refractivity contribution in [2.24, 2.45) is 5.92 Å². The van der Waals surface area contributed by atoms with Crippen LogP contribution in [-0.2, 0) is 11.3 Å². The van der Waals surface area contributed by atoms with Crippen LogP contribution >= 0.6 is 0 Å². The maximum Gasteiger partial charge on any atom is 0.303 e. The number of carboxylic acid groups (broad SMARTS) is 1. The van der Waals surface area contributed by atoms with E-state index in [1.807, 2.05) is 12.5 Å². The van der Waals surface area contributed by atoms with Gasteiger partial charge in [0.05, 0.1) is 12.0 Å². The fourth-order valence-electron chi connectivity index (χ4n) is 2.62. The van der Waals surface area contributed by atoms with Crippen LogP contribution in [0.25, 0.3) is 0 Å². The highest BCUT2D eigenvalue weighted by Crippen LogP contribution is 2.22. The highest BCUT2D eigenvalue weighted by Gasteiger charge is 2.25. The van der Waals surface area contributed by atoms with E-state index in [0.29, 0.717) is 18.4 Å². The molecule has 1 aromatic rings. The van der Waals surface area contributed by atoms with E-state index in [2.05, 4.69) is 28.3 Å². The van der Waals surface area contributed by atoms with Crippen LogP contribution in [0, 0.1) is 5.92 Å². The molecule has 1 aliphatic rings. The Kier molecular flexibility index (Phi) is 4.01. The SMILES string of the molecule is CC(C)n1cncc1CN1CC[C@@H](CC(=O)O)C1. The molecule has 1 aliphatic heterocycles. The molecule has 0 spiro atoms. The monoisotopic (exact) mass is 251 g/mol. The number of nitrogens with zero attached hydrogens (tertiary/aromatic N) is 3. The Hall–Kier alpha value is -1.36. The lowest BCUT2D eigenvalue weighted by atomic mass is 10.1. The summed E-state index contributed by atoms with van der Waals surface area (Å²) in [5.74, 6) is -0.382. The Bertz CT molecular complexity index is 414. The van der Waals surface area contributed by atoms with E-state index in [1.165, 1.54) is 5.69 Å². The van der Waals surface area contributed by atoms with Crippen LogP contribution in [0.15, 0.2) is 12.5 Å². The summed E-state index contributed by atoms with van der Waals surface area (Å²) in [5, 5.41) is 8.80. The topological polar surface area (TPSA) is 58.4 Å². The van der Waals surface area contributed by atoms with Crippen LogP contribution in [-0.4, -0.2) is 38.6 Å². The molecule has 0 bridgehead atoms. The van der Waals surface area contributed by atoms with Gasteiger partial charge in [-0.1, -0.05) is 0 Å². The van der Waals surface area contributed by atoms with Gasteiger partial charge in [0.1, 0.15) is 0 Å². The van der Waals surface area contributed by atoms with Crippen LogP contribution < -0.4 is 0 Å². The Labute approximate surface area is 107 Å². The zero-order valence-electron chi connectivity index (χ0n) is 11.0. The van der Waals surface area contributed by atoms with Gasteiger partial charge in [-0.25, -0.2) is 4.98 Å². The van der Waals surface area contributed by atoms with Crippen LogP contribution in [0.5, 0.6) is 0 Å². The van der Waals surface area contributed by atoms with E-state index in [0.717, 1.165) is 26.1 Å². The third kappa shape index (κ3) is 3.10. The fraction of sp³-hybridized carbons (Fsp3) is 0.692. The summed E-state index contributed by atoms with van der Waals surface area (Å²) in [6.07, 6.45) is 5.05. The normalized spacial score (nSPS) is 20.7. The minimum Gasteiger partial charge on any atom is -0.481 e. The molecule has 0 aliphatic carbocycles. The highest BCUT2D eigenvalue weighted by molar-refractivity contribution is 5.67. The van der Waals surface area contributed by atoms with Crippen molar-refractivity contribution in [3.05, 3.63) is 18.2 Å². The largest absolute Gasteiger partial charge is 0.481 e. The number of carboxylic acids is 1. The number of imidazole rings is 1. The summed E-state index contributed by atoms with van der Waals surface area (Å²) < 4.78 is 2.17. The highest BCUT2D eigenvalue weighted by atomic mass is 16.4. The first-order valence-corrected chi connectivity index (χ1v) is 6.51. The van der Waals surface area contributed by atoms with Crippen LogP contribution in [0.3, 0.4) is 0 Å². The Morgan fingerprint density at radius 3 is 3.06 bits per heavy atom. The number of hydrogen-bond donors (Lipinski definition) is 1. The van der Waals surface area contributed by atoms with E-state index >= 15 is 0 Å². The molecular formula is C13H21N3O2. The van der Waals surface area contributed by atoms with E-state index in [4.69, 9.17) is 5.11 Å². The zero-order valence-corrected chi connectivity index (χ0v) is 11.0. The standard InChI is InChI=1S/C13H21N3O2/c1-10(2)16-9-14-6-12(16)8-15-4-3-11(7-15)5-13(17)18/h6,9-11H,3-5,7-8H2,1-2H3,(H,17,18)/t11-/m0/s1. The van der Waals surface area contributed by atoms with Gasteiger partial charge in [0, 0.05) is 31.7 Å². The Morgan fingerprint density at radius 2 is 2.39 bits per heavy atom. The van der Waals surface area contributed by atoms with Crippen molar-refractivity contribution in [1.82, 2.24) is 14.5 Å². The molecule has 0 saturated carbocycles. The second-order valence-electron chi connectivity index (χ2n) is 5.37. The molecule has 5 heteroatoms. The molecule has 1 atom stereocenters. The molecule has 1 saturated heterocycles. The Balaban J connectivity index is 1.91. The van der Waals surface area contributed by atoms with Gasteiger partial charge in [-0.2, -0.15) is 0 Å². The van der Waals surface area contributed by atoms with E-state index in [-0.39, 0.29) is 0 Å². The summed E-state index contributed by atoms with van der Waals surface area (Å²) in [6.45, 7) is 7.02. The third-order valence-electron chi connectivity index (χ3n) is 3.52. The van der Waals surface area contributed by atoms with Crippen LogP contribution in [0.1, 0.15) is 38.4 Å². The number of aliphatic carboxylic acids is 1. The maximum absolute atomic E-state index is 10.7. The lowest BCUT2D eigenvalue weighted by molar-refractivity contribution is -0.138.